The molecule has 0 aliphatic carbocycles. The van der Waals surface area contributed by atoms with Crippen LogP contribution in [0, 0.1) is 6.92 Å². The molecule has 1 heterocycles. The number of nitrogens with one attached hydrogen (secondary N) is 2. The van der Waals surface area contributed by atoms with Crippen molar-refractivity contribution in [3.05, 3.63) is 66.0 Å². The maximum absolute atomic E-state index is 12.9. The van der Waals surface area contributed by atoms with Crippen LogP contribution in [0.5, 0.6) is 0 Å². The number of anilines is 2. The number of alkyl halides is 3. The van der Waals surface area contributed by atoms with Crippen LogP contribution in [0.1, 0.15) is 11.3 Å². The molecule has 2 aromatic carbocycles. The second kappa shape index (κ2) is 9.63. The Bertz CT molecular complexity index is 1200. The van der Waals surface area contributed by atoms with Crippen LogP contribution in [0.3, 0.4) is 0 Å². The first-order valence-electron chi connectivity index (χ1n) is 9.46. The van der Waals surface area contributed by atoms with E-state index in [0.717, 1.165) is 17.8 Å². The van der Waals surface area contributed by atoms with Gasteiger partial charge in [-0.2, -0.15) is 13.2 Å². The standard InChI is InChI=1S/C21H21F3N4O3S/c1-14-10-16(15-4-3-5-18(13-15)32(29,30)26-8-9-31-2)12-17(11-14)27-20-25-7-6-19(28-20)21(22,23)24/h3-7,10-13,26H,8-9H2,1-2H3,(H,25,27,28). The first kappa shape index (κ1) is 23.6. The third-order valence-corrected chi connectivity index (χ3v) is 5.81. The van der Waals surface area contributed by atoms with E-state index in [4.69, 9.17) is 4.74 Å². The molecule has 0 aliphatic rings. The van der Waals surface area contributed by atoms with Gasteiger partial charge < -0.3 is 10.1 Å². The van der Waals surface area contributed by atoms with Gasteiger partial charge >= 0.3 is 6.18 Å². The van der Waals surface area contributed by atoms with E-state index in [1.807, 2.05) is 13.0 Å². The molecule has 1 aromatic heterocycles. The zero-order valence-electron chi connectivity index (χ0n) is 17.3. The Morgan fingerprint density at radius 2 is 1.84 bits per heavy atom. The summed E-state index contributed by atoms with van der Waals surface area (Å²) in [6.45, 7) is 2.19. The molecule has 0 atom stereocenters. The lowest BCUT2D eigenvalue weighted by Crippen LogP contribution is -2.27. The number of nitrogens with zero attached hydrogens (tertiary/aromatic N) is 2. The van der Waals surface area contributed by atoms with Crippen molar-refractivity contribution in [3.63, 3.8) is 0 Å². The highest BCUT2D eigenvalue weighted by molar-refractivity contribution is 7.89. The van der Waals surface area contributed by atoms with Gasteiger partial charge in [-0.25, -0.2) is 23.1 Å². The number of methoxy groups -OCH3 is 1. The summed E-state index contributed by atoms with van der Waals surface area (Å²) in [6.07, 6.45) is -3.56. The Morgan fingerprint density at radius 1 is 1.06 bits per heavy atom. The molecule has 0 saturated heterocycles. The van der Waals surface area contributed by atoms with E-state index in [0.29, 0.717) is 16.8 Å². The van der Waals surface area contributed by atoms with Crippen molar-refractivity contribution in [1.82, 2.24) is 14.7 Å². The summed E-state index contributed by atoms with van der Waals surface area (Å²) in [7, 11) is -2.25. The molecule has 0 unspecified atom stereocenters. The topological polar surface area (TPSA) is 93.2 Å². The van der Waals surface area contributed by atoms with E-state index >= 15 is 0 Å². The fourth-order valence-electron chi connectivity index (χ4n) is 2.93. The number of ether oxygens (including phenoxy) is 1. The lowest BCUT2D eigenvalue weighted by molar-refractivity contribution is -0.141. The predicted molar refractivity (Wildman–Crippen MR) is 114 cm³/mol. The molecule has 11 heteroatoms. The van der Waals surface area contributed by atoms with Crippen molar-refractivity contribution in [2.75, 3.05) is 25.6 Å². The lowest BCUT2D eigenvalue weighted by atomic mass is 10.0. The summed E-state index contributed by atoms with van der Waals surface area (Å²) in [5, 5.41) is 2.78. The summed E-state index contributed by atoms with van der Waals surface area (Å²) >= 11 is 0. The van der Waals surface area contributed by atoms with Crippen molar-refractivity contribution in [2.24, 2.45) is 0 Å². The normalized spacial score (nSPS) is 12.0. The van der Waals surface area contributed by atoms with Crippen molar-refractivity contribution in [1.29, 1.82) is 0 Å². The Morgan fingerprint density at radius 3 is 2.56 bits per heavy atom. The van der Waals surface area contributed by atoms with Gasteiger partial charge in [0.25, 0.3) is 0 Å². The van der Waals surface area contributed by atoms with Gasteiger partial charge in [0.2, 0.25) is 16.0 Å². The molecular formula is C21H21F3N4O3S. The second-order valence-corrected chi connectivity index (χ2v) is 8.66. The van der Waals surface area contributed by atoms with Gasteiger partial charge in [0.05, 0.1) is 11.5 Å². The number of aryl methyl sites for hydroxylation is 1. The van der Waals surface area contributed by atoms with Crippen LogP contribution in [0.25, 0.3) is 11.1 Å². The van der Waals surface area contributed by atoms with Crippen molar-refractivity contribution in [3.8, 4) is 11.1 Å². The van der Waals surface area contributed by atoms with Crippen LogP contribution in [-0.2, 0) is 20.9 Å². The van der Waals surface area contributed by atoms with Crippen LogP contribution in [0.15, 0.2) is 59.6 Å². The van der Waals surface area contributed by atoms with Gasteiger partial charge in [0, 0.05) is 25.5 Å². The Labute approximate surface area is 183 Å². The van der Waals surface area contributed by atoms with E-state index in [9.17, 15) is 21.6 Å². The summed E-state index contributed by atoms with van der Waals surface area (Å²) in [5.74, 6) is -0.199. The van der Waals surface area contributed by atoms with E-state index in [1.54, 1.807) is 24.3 Å². The Hall–Kier alpha value is -3.02. The molecule has 2 N–H and O–H groups in total. The largest absolute Gasteiger partial charge is 0.433 e. The Balaban J connectivity index is 1.90. The van der Waals surface area contributed by atoms with Crippen molar-refractivity contribution in [2.45, 2.75) is 18.0 Å². The summed E-state index contributed by atoms with van der Waals surface area (Å²) < 4.78 is 71.0. The highest BCUT2D eigenvalue weighted by Gasteiger charge is 2.32. The minimum Gasteiger partial charge on any atom is -0.383 e. The number of hydrogen-bond donors (Lipinski definition) is 2. The number of hydrogen-bond acceptors (Lipinski definition) is 6. The number of rotatable bonds is 8. The van der Waals surface area contributed by atoms with E-state index in [1.165, 1.54) is 19.2 Å². The number of sulfonamides is 1. The third kappa shape index (κ3) is 6.02. The first-order chi connectivity index (χ1) is 15.1. The SMILES string of the molecule is COCCNS(=O)(=O)c1cccc(-c2cc(C)cc(Nc3nccc(C(F)(F)F)n3)c2)c1. The number of halogens is 3. The first-order valence-corrected chi connectivity index (χ1v) is 10.9. The zero-order valence-corrected chi connectivity index (χ0v) is 18.1. The highest BCUT2D eigenvalue weighted by atomic mass is 32.2. The average Bonchev–Trinajstić information content (AvgIpc) is 2.73. The molecular weight excluding hydrogens is 445 g/mol. The highest BCUT2D eigenvalue weighted by Crippen LogP contribution is 2.30. The summed E-state index contributed by atoms with van der Waals surface area (Å²) in [6, 6.07) is 12.4. The molecule has 0 aliphatic heterocycles. The van der Waals surface area contributed by atoms with E-state index in [-0.39, 0.29) is 24.0 Å². The zero-order chi connectivity index (χ0) is 23.4. The molecule has 0 bridgehead atoms. The second-order valence-electron chi connectivity index (χ2n) is 6.89. The smallest absolute Gasteiger partial charge is 0.383 e. The van der Waals surface area contributed by atoms with Crippen LogP contribution in [0.4, 0.5) is 24.8 Å². The molecule has 32 heavy (non-hydrogen) atoms. The summed E-state index contributed by atoms with van der Waals surface area (Å²) in [5.41, 5.74) is 1.51. The maximum atomic E-state index is 12.9. The van der Waals surface area contributed by atoms with Gasteiger partial charge in [-0.1, -0.05) is 18.2 Å². The van der Waals surface area contributed by atoms with Crippen LogP contribution in [0.2, 0.25) is 0 Å². The van der Waals surface area contributed by atoms with Crippen molar-refractivity contribution < 1.29 is 26.3 Å². The van der Waals surface area contributed by atoms with Crippen LogP contribution >= 0.6 is 0 Å². The van der Waals surface area contributed by atoms with Crippen molar-refractivity contribution >= 4 is 21.7 Å². The molecule has 0 amide bonds. The van der Waals surface area contributed by atoms with Crippen LogP contribution in [-0.4, -0.2) is 38.6 Å². The molecule has 7 nitrogen and oxygen atoms in total. The van der Waals surface area contributed by atoms with E-state index in [2.05, 4.69) is 20.0 Å². The number of aromatic nitrogens is 2. The fourth-order valence-corrected chi connectivity index (χ4v) is 3.99. The minimum atomic E-state index is -4.58. The molecule has 0 saturated carbocycles. The molecule has 170 valence electrons. The predicted octanol–water partition coefficient (Wildman–Crippen LogP) is 4.14. The fraction of sp³-hybridized carbons (Fsp3) is 0.238. The molecule has 0 fully saturated rings. The summed E-state index contributed by atoms with van der Waals surface area (Å²) in [4.78, 5) is 7.44. The molecule has 0 radical (unpaired) electrons. The Kier molecular flexibility index (Phi) is 7.12. The minimum absolute atomic E-state index is 0.0864. The van der Waals surface area contributed by atoms with E-state index < -0.39 is 21.9 Å². The lowest BCUT2D eigenvalue weighted by Gasteiger charge is -2.12. The molecule has 3 rings (SSSR count). The monoisotopic (exact) mass is 466 g/mol. The van der Waals surface area contributed by atoms with Gasteiger partial charge in [0.1, 0.15) is 5.69 Å². The number of benzene rings is 2. The molecule has 0 spiro atoms. The van der Waals surface area contributed by atoms with Crippen LogP contribution < -0.4 is 10.0 Å². The van der Waals surface area contributed by atoms with Gasteiger partial charge in [-0.3, -0.25) is 0 Å². The third-order valence-electron chi connectivity index (χ3n) is 4.36. The average molecular weight is 466 g/mol. The maximum Gasteiger partial charge on any atom is 0.433 e. The quantitative estimate of drug-likeness (QED) is 0.485. The molecule has 3 aromatic rings. The van der Waals surface area contributed by atoms with Gasteiger partial charge in [-0.15, -0.1) is 0 Å². The van der Waals surface area contributed by atoms with Gasteiger partial charge in [-0.05, 0) is 53.9 Å². The van der Waals surface area contributed by atoms with Gasteiger partial charge in [0.15, 0.2) is 0 Å².